The number of fused-ring (bicyclic) bond motifs is 3. The Morgan fingerprint density at radius 3 is 2.61 bits per heavy atom. The normalized spacial score (nSPS) is 25.5. The molecule has 3 atom stereocenters. The highest BCUT2D eigenvalue weighted by Gasteiger charge is 2.59. The average molecular weight is 490 g/mol. The van der Waals surface area contributed by atoms with E-state index in [0.717, 1.165) is 19.0 Å². The molecule has 0 unspecified atom stereocenters. The number of rotatable bonds is 5. The summed E-state index contributed by atoms with van der Waals surface area (Å²) >= 11 is 11.9. The van der Waals surface area contributed by atoms with Crippen molar-refractivity contribution in [2.75, 3.05) is 20.2 Å². The molecule has 168 valence electrons. The van der Waals surface area contributed by atoms with Gasteiger partial charge >= 0.3 is 0 Å². The monoisotopic (exact) mass is 489 g/mol. The van der Waals surface area contributed by atoms with Gasteiger partial charge in [0.1, 0.15) is 4.75 Å². The average Bonchev–Trinajstić information content (AvgIpc) is 2.75. The van der Waals surface area contributed by atoms with Gasteiger partial charge in [-0.15, -0.1) is 0 Å². The predicted octanol–water partition coefficient (Wildman–Crippen LogP) is 5.36. The van der Waals surface area contributed by atoms with Crippen molar-refractivity contribution in [2.45, 2.75) is 35.3 Å². The summed E-state index contributed by atoms with van der Waals surface area (Å²) in [4.78, 5) is 0.0169. The summed E-state index contributed by atoms with van der Waals surface area (Å²) < 4.78 is 62.2. The van der Waals surface area contributed by atoms with Crippen LogP contribution in [0, 0.1) is 23.5 Å². The molecule has 2 aromatic rings. The Labute approximate surface area is 190 Å². The molecule has 1 fully saturated rings. The lowest BCUT2D eigenvalue weighted by Gasteiger charge is -2.49. The number of hydrogen-bond acceptors (Lipinski definition) is 4. The first-order valence-corrected chi connectivity index (χ1v) is 12.4. The topological polar surface area (TPSA) is 55.4 Å². The second-order valence-electron chi connectivity index (χ2n) is 8.25. The summed E-state index contributed by atoms with van der Waals surface area (Å²) in [6.07, 6.45) is 2.12. The van der Waals surface area contributed by atoms with Crippen LogP contribution in [0.4, 0.5) is 8.78 Å². The van der Waals surface area contributed by atoms with Gasteiger partial charge in [0.25, 0.3) is 0 Å². The van der Waals surface area contributed by atoms with Gasteiger partial charge in [-0.05, 0) is 75.5 Å². The highest BCUT2D eigenvalue weighted by molar-refractivity contribution is 7.92. The zero-order valence-corrected chi connectivity index (χ0v) is 19.3. The highest BCUT2D eigenvalue weighted by atomic mass is 35.5. The molecule has 1 heterocycles. The van der Waals surface area contributed by atoms with Crippen molar-refractivity contribution in [3.8, 4) is 5.75 Å². The molecule has 0 amide bonds. The van der Waals surface area contributed by atoms with E-state index < -0.39 is 37.2 Å². The molecular weight excluding hydrogens is 467 g/mol. The quantitative estimate of drug-likeness (QED) is 0.574. The Hall–Kier alpha value is -1.41. The molecule has 2 aromatic carbocycles. The number of halogens is 4. The maximum atomic E-state index is 15.4. The van der Waals surface area contributed by atoms with Crippen molar-refractivity contribution in [3.05, 3.63) is 57.6 Å². The van der Waals surface area contributed by atoms with Crippen LogP contribution in [0.5, 0.6) is 5.75 Å². The van der Waals surface area contributed by atoms with Crippen molar-refractivity contribution < 1.29 is 21.9 Å². The van der Waals surface area contributed by atoms with E-state index in [2.05, 4.69) is 5.32 Å². The summed E-state index contributed by atoms with van der Waals surface area (Å²) in [7, 11) is -2.27. The first-order chi connectivity index (χ1) is 14.7. The van der Waals surface area contributed by atoms with Crippen molar-refractivity contribution in [2.24, 2.45) is 11.8 Å². The van der Waals surface area contributed by atoms with Crippen LogP contribution in [-0.4, -0.2) is 28.6 Å². The van der Waals surface area contributed by atoms with Crippen LogP contribution in [0.2, 0.25) is 10.0 Å². The van der Waals surface area contributed by atoms with Crippen LogP contribution in [0.1, 0.15) is 31.2 Å². The molecule has 1 aliphatic heterocycles. The van der Waals surface area contributed by atoms with Crippen LogP contribution < -0.4 is 10.1 Å². The van der Waals surface area contributed by atoms with Crippen molar-refractivity contribution in [1.82, 2.24) is 5.32 Å². The van der Waals surface area contributed by atoms with Gasteiger partial charge in [-0.25, -0.2) is 17.2 Å². The number of nitrogens with one attached hydrogen (secondary N) is 1. The SMILES string of the molecule is CNCC[C@@H]1CC[C@@]2(S(=O)(=O)c3ccc(Cl)cc3)c3c(F)c(Cl)cc(F)c3OC[C@H]2C1. The zero-order chi connectivity index (χ0) is 22.4. The van der Waals surface area contributed by atoms with E-state index in [1.165, 1.54) is 24.3 Å². The van der Waals surface area contributed by atoms with E-state index in [-0.39, 0.29) is 35.2 Å². The molecule has 0 spiro atoms. The van der Waals surface area contributed by atoms with E-state index in [1.807, 2.05) is 7.05 Å². The second kappa shape index (κ2) is 8.50. The lowest BCUT2D eigenvalue weighted by Crippen LogP contribution is -2.52. The Balaban J connectivity index is 1.93. The van der Waals surface area contributed by atoms with Gasteiger partial charge in [0.2, 0.25) is 0 Å². The third-order valence-corrected chi connectivity index (χ3v) is 9.71. The van der Waals surface area contributed by atoms with Gasteiger partial charge in [-0.3, -0.25) is 0 Å². The Morgan fingerprint density at radius 2 is 1.94 bits per heavy atom. The summed E-state index contributed by atoms with van der Waals surface area (Å²) in [5.41, 5.74) is -0.282. The standard InChI is InChI=1S/C22H23Cl2F2NO3S/c1-27-9-7-13-6-8-22(31(28,29)16-4-2-15(23)3-5-16)14(10-13)12-30-21-18(25)11-17(24)20(26)19(21)22/h2-5,11,13-14,27H,6-10,12H2,1H3/t13-,14+,22-/m0/s1. The Morgan fingerprint density at radius 1 is 1.23 bits per heavy atom. The lowest BCUT2D eigenvalue weighted by atomic mass is 9.68. The maximum absolute atomic E-state index is 15.4. The first kappa shape index (κ1) is 22.8. The predicted molar refractivity (Wildman–Crippen MR) is 117 cm³/mol. The van der Waals surface area contributed by atoms with Crippen LogP contribution in [0.15, 0.2) is 35.2 Å². The van der Waals surface area contributed by atoms with Gasteiger partial charge in [0.15, 0.2) is 27.2 Å². The Bertz CT molecular complexity index is 1090. The zero-order valence-electron chi connectivity index (χ0n) is 16.9. The van der Waals surface area contributed by atoms with Crippen molar-refractivity contribution in [3.63, 3.8) is 0 Å². The first-order valence-electron chi connectivity index (χ1n) is 10.2. The summed E-state index contributed by atoms with van der Waals surface area (Å²) in [5, 5.41) is 3.04. The number of ether oxygens (including phenoxy) is 1. The Kier molecular flexibility index (Phi) is 6.25. The van der Waals surface area contributed by atoms with E-state index in [9.17, 15) is 12.8 Å². The highest BCUT2D eigenvalue weighted by Crippen LogP contribution is 2.58. The summed E-state index contributed by atoms with van der Waals surface area (Å²) in [5.74, 6) is -2.44. The molecule has 1 saturated carbocycles. The summed E-state index contributed by atoms with van der Waals surface area (Å²) in [6.45, 7) is 0.786. The maximum Gasteiger partial charge on any atom is 0.188 e. The van der Waals surface area contributed by atoms with Crippen LogP contribution in [0.25, 0.3) is 0 Å². The molecule has 1 aliphatic carbocycles. The van der Waals surface area contributed by atoms with E-state index in [1.54, 1.807) is 0 Å². The van der Waals surface area contributed by atoms with Gasteiger partial charge in [-0.1, -0.05) is 23.2 Å². The van der Waals surface area contributed by atoms with Crippen molar-refractivity contribution in [1.29, 1.82) is 0 Å². The molecule has 0 aromatic heterocycles. The molecule has 0 bridgehead atoms. The molecular formula is C22H23Cl2F2NO3S. The van der Waals surface area contributed by atoms with Crippen LogP contribution in [0.3, 0.4) is 0 Å². The third-order valence-electron chi connectivity index (χ3n) is 6.59. The van der Waals surface area contributed by atoms with Crippen LogP contribution >= 0.6 is 23.2 Å². The van der Waals surface area contributed by atoms with Gasteiger partial charge in [0.05, 0.1) is 22.1 Å². The van der Waals surface area contributed by atoms with E-state index >= 15 is 4.39 Å². The smallest absolute Gasteiger partial charge is 0.188 e. The third kappa shape index (κ3) is 3.63. The fraction of sp³-hybridized carbons (Fsp3) is 0.455. The molecule has 4 rings (SSSR count). The van der Waals surface area contributed by atoms with E-state index in [0.29, 0.717) is 17.9 Å². The number of sulfone groups is 1. The molecule has 4 nitrogen and oxygen atoms in total. The van der Waals surface area contributed by atoms with E-state index in [4.69, 9.17) is 27.9 Å². The van der Waals surface area contributed by atoms with Gasteiger partial charge < -0.3 is 10.1 Å². The molecule has 0 saturated heterocycles. The minimum atomic E-state index is -4.13. The largest absolute Gasteiger partial charge is 0.490 e. The number of benzene rings is 2. The molecule has 31 heavy (non-hydrogen) atoms. The second-order valence-corrected chi connectivity index (χ2v) is 11.3. The van der Waals surface area contributed by atoms with Crippen molar-refractivity contribution >= 4 is 33.0 Å². The summed E-state index contributed by atoms with van der Waals surface area (Å²) in [6, 6.07) is 6.60. The van der Waals surface area contributed by atoms with Crippen LogP contribution in [-0.2, 0) is 14.6 Å². The molecule has 2 aliphatic rings. The fourth-order valence-electron chi connectivity index (χ4n) is 5.07. The molecule has 1 N–H and O–H groups in total. The van der Waals surface area contributed by atoms with Gasteiger partial charge in [0, 0.05) is 10.9 Å². The van der Waals surface area contributed by atoms with Gasteiger partial charge in [-0.2, -0.15) is 0 Å². The number of hydrogen-bond donors (Lipinski definition) is 1. The fourth-order valence-corrected chi connectivity index (χ4v) is 7.74. The minimum Gasteiger partial charge on any atom is -0.490 e. The molecule has 9 heteroatoms. The lowest BCUT2D eigenvalue weighted by molar-refractivity contribution is 0.0956. The molecule has 0 radical (unpaired) electrons. The minimum absolute atomic E-state index is 0.00609.